The molecule has 1 fully saturated rings. The standard InChI is InChI=1S/C24H19FO/c1-16(17-11-13-19(25)14-12-17)24-15-21(18-7-3-2-4-8-18)23(24)20-9-5-6-10-22(20)26-24/h2-14,21,23H,1,15H2/t21-,23-,24-/m1/s1. The summed E-state index contributed by atoms with van der Waals surface area (Å²) in [5.74, 6) is 1.34. The molecule has 26 heavy (non-hydrogen) atoms. The maximum Gasteiger partial charge on any atom is 0.142 e. The zero-order chi connectivity index (χ0) is 17.7. The van der Waals surface area contributed by atoms with E-state index in [-0.39, 0.29) is 11.7 Å². The van der Waals surface area contributed by atoms with E-state index >= 15 is 0 Å². The molecule has 2 aliphatic rings. The molecule has 2 heteroatoms. The Morgan fingerprint density at radius 1 is 0.923 bits per heavy atom. The lowest BCUT2D eigenvalue weighted by Crippen LogP contribution is -2.52. The molecular formula is C24H19FO. The fourth-order valence-electron chi connectivity index (χ4n) is 4.61. The van der Waals surface area contributed by atoms with Gasteiger partial charge in [-0.3, -0.25) is 0 Å². The minimum Gasteiger partial charge on any atom is -0.482 e. The van der Waals surface area contributed by atoms with Crippen LogP contribution in [0, 0.1) is 5.82 Å². The minimum absolute atomic E-state index is 0.234. The second kappa shape index (κ2) is 5.57. The molecule has 5 rings (SSSR count). The molecule has 0 aromatic heterocycles. The summed E-state index contributed by atoms with van der Waals surface area (Å²) in [7, 11) is 0. The van der Waals surface area contributed by atoms with Gasteiger partial charge in [0.15, 0.2) is 0 Å². The quantitative estimate of drug-likeness (QED) is 0.572. The summed E-state index contributed by atoms with van der Waals surface area (Å²) in [5.41, 5.74) is 4.01. The Kier molecular flexibility index (Phi) is 3.30. The summed E-state index contributed by atoms with van der Waals surface area (Å²) in [4.78, 5) is 0. The Labute approximate surface area is 152 Å². The van der Waals surface area contributed by atoms with E-state index < -0.39 is 5.60 Å². The highest BCUT2D eigenvalue weighted by Gasteiger charge is 2.62. The molecule has 1 aliphatic heterocycles. The highest BCUT2D eigenvalue weighted by Crippen LogP contribution is 2.67. The van der Waals surface area contributed by atoms with Crippen molar-refractivity contribution in [1.29, 1.82) is 0 Å². The molecule has 0 amide bonds. The molecule has 1 heterocycles. The largest absolute Gasteiger partial charge is 0.482 e. The summed E-state index contributed by atoms with van der Waals surface area (Å²) in [5, 5.41) is 0. The summed E-state index contributed by atoms with van der Waals surface area (Å²) in [6.45, 7) is 4.37. The molecule has 1 aliphatic carbocycles. The number of halogens is 1. The average Bonchev–Trinajstić information content (AvgIpc) is 2.92. The Morgan fingerprint density at radius 3 is 2.38 bits per heavy atom. The number of para-hydroxylation sites is 1. The van der Waals surface area contributed by atoms with Crippen LogP contribution < -0.4 is 4.74 Å². The van der Waals surface area contributed by atoms with Gasteiger partial charge >= 0.3 is 0 Å². The van der Waals surface area contributed by atoms with E-state index in [0.717, 1.165) is 23.3 Å². The molecule has 0 N–H and O–H groups in total. The minimum atomic E-state index is -0.442. The van der Waals surface area contributed by atoms with E-state index in [0.29, 0.717) is 5.92 Å². The van der Waals surface area contributed by atoms with Crippen LogP contribution in [-0.4, -0.2) is 5.60 Å². The number of benzene rings is 3. The van der Waals surface area contributed by atoms with Crippen LogP contribution in [-0.2, 0) is 0 Å². The smallest absolute Gasteiger partial charge is 0.142 e. The summed E-state index contributed by atoms with van der Waals surface area (Å²) < 4.78 is 19.8. The number of rotatable bonds is 3. The predicted octanol–water partition coefficient (Wildman–Crippen LogP) is 5.94. The first-order valence-corrected chi connectivity index (χ1v) is 8.97. The Morgan fingerprint density at radius 2 is 1.62 bits per heavy atom. The lowest BCUT2D eigenvalue weighted by Gasteiger charge is -2.51. The van der Waals surface area contributed by atoms with Gasteiger partial charge in [0, 0.05) is 11.5 Å². The van der Waals surface area contributed by atoms with Crippen LogP contribution in [0.4, 0.5) is 4.39 Å². The summed E-state index contributed by atoms with van der Waals surface area (Å²) in [6, 6.07) is 25.5. The molecule has 0 unspecified atom stereocenters. The Hall–Kier alpha value is -2.87. The van der Waals surface area contributed by atoms with E-state index in [4.69, 9.17) is 4.74 Å². The maximum absolute atomic E-state index is 13.4. The van der Waals surface area contributed by atoms with Crippen molar-refractivity contribution in [2.75, 3.05) is 0 Å². The fraction of sp³-hybridized carbons (Fsp3) is 0.167. The van der Waals surface area contributed by atoms with Gasteiger partial charge in [-0.1, -0.05) is 67.2 Å². The molecule has 0 bridgehead atoms. The average molecular weight is 342 g/mol. The predicted molar refractivity (Wildman–Crippen MR) is 102 cm³/mol. The van der Waals surface area contributed by atoms with Gasteiger partial charge in [0.25, 0.3) is 0 Å². The molecule has 128 valence electrons. The van der Waals surface area contributed by atoms with Crippen molar-refractivity contribution in [2.45, 2.75) is 23.9 Å². The molecule has 3 atom stereocenters. The zero-order valence-corrected chi connectivity index (χ0v) is 14.4. The van der Waals surface area contributed by atoms with Crippen molar-refractivity contribution in [1.82, 2.24) is 0 Å². The van der Waals surface area contributed by atoms with Gasteiger partial charge < -0.3 is 4.74 Å². The van der Waals surface area contributed by atoms with Gasteiger partial charge in [-0.2, -0.15) is 0 Å². The lowest BCUT2D eigenvalue weighted by molar-refractivity contribution is 0.0330. The first-order chi connectivity index (χ1) is 12.7. The van der Waals surface area contributed by atoms with E-state index in [1.807, 2.05) is 18.2 Å². The van der Waals surface area contributed by atoms with Crippen molar-refractivity contribution in [3.63, 3.8) is 0 Å². The van der Waals surface area contributed by atoms with Gasteiger partial charge in [-0.25, -0.2) is 4.39 Å². The molecule has 1 saturated carbocycles. The topological polar surface area (TPSA) is 9.23 Å². The van der Waals surface area contributed by atoms with Gasteiger partial charge in [-0.05, 0) is 47.2 Å². The number of hydrogen-bond acceptors (Lipinski definition) is 1. The monoisotopic (exact) mass is 342 g/mol. The van der Waals surface area contributed by atoms with Crippen molar-refractivity contribution in [3.05, 3.63) is 108 Å². The first kappa shape index (κ1) is 15.4. The summed E-state index contributed by atoms with van der Waals surface area (Å²) in [6.07, 6.45) is 0.882. The van der Waals surface area contributed by atoms with Gasteiger partial charge in [0.1, 0.15) is 17.2 Å². The van der Waals surface area contributed by atoms with Crippen LogP contribution in [0.15, 0.2) is 85.4 Å². The number of ether oxygens (including phenoxy) is 1. The van der Waals surface area contributed by atoms with Crippen molar-refractivity contribution < 1.29 is 9.13 Å². The molecule has 0 saturated heterocycles. The molecule has 3 aromatic rings. The Balaban J connectivity index is 1.58. The Bertz CT molecular complexity index is 977. The molecular weight excluding hydrogens is 323 g/mol. The SMILES string of the molecule is C=C(c1ccc(F)cc1)[C@]12C[C@H](c3ccccc3)[C@H]1c1ccccc1O2. The van der Waals surface area contributed by atoms with E-state index in [2.05, 4.69) is 43.0 Å². The van der Waals surface area contributed by atoms with Crippen molar-refractivity contribution >= 4 is 5.57 Å². The van der Waals surface area contributed by atoms with Gasteiger partial charge in [0.05, 0.1) is 0 Å². The molecule has 0 spiro atoms. The third kappa shape index (κ3) is 2.08. The molecule has 3 aromatic carbocycles. The van der Waals surface area contributed by atoms with E-state index in [1.165, 1.54) is 23.3 Å². The highest BCUT2D eigenvalue weighted by molar-refractivity contribution is 5.77. The first-order valence-electron chi connectivity index (χ1n) is 8.97. The van der Waals surface area contributed by atoms with Crippen LogP contribution in [0.3, 0.4) is 0 Å². The fourth-order valence-corrected chi connectivity index (χ4v) is 4.61. The van der Waals surface area contributed by atoms with Crippen LogP contribution in [0.1, 0.15) is 34.9 Å². The molecule has 1 nitrogen and oxygen atoms in total. The third-order valence-electron chi connectivity index (χ3n) is 5.91. The second-order valence-electron chi connectivity index (χ2n) is 7.21. The summed E-state index contributed by atoms with van der Waals surface area (Å²) >= 11 is 0. The third-order valence-corrected chi connectivity index (χ3v) is 5.91. The highest BCUT2D eigenvalue weighted by atomic mass is 19.1. The van der Waals surface area contributed by atoms with Gasteiger partial charge in [0.2, 0.25) is 0 Å². The number of hydrogen-bond donors (Lipinski definition) is 0. The second-order valence-corrected chi connectivity index (χ2v) is 7.21. The van der Waals surface area contributed by atoms with Crippen LogP contribution in [0.2, 0.25) is 0 Å². The number of fused-ring (bicyclic) bond motifs is 3. The zero-order valence-electron chi connectivity index (χ0n) is 14.4. The van der Waals surface area contributed by atoms with E-state index in [9.17, 15) is 4.39 Å². The van der Waals surface area contributed by atoms with Crippen molar-refractivity contribution in [3.8, 4) is 5.75 Å². The normalized spacial score (nSPS) is 25.6. The van der Waals surface area contributed by atoms with Crippen LogP contribution in [0.5, 0.6) is 5.75 Å². The lowest BCUT2D eigenvalue weighted by atomic mass is 9.54. The van der Waals surface area contributed by atoms with Crippen molar-refractivity contribution in [2.24, 2.45) is 0 Å². The van der Waals surface area contributed by atoms with Gasteiger partial charge in [-0.15, -0.1) is 0 Å². The molecule has 0 radical (unpaired) electrons. The van der Waals surface area contributed by atoms with Crippen LogP contribution in [0.25, 0.3) is 5.57 Å². The van der Waals surface area contributed by atoms with Crippen LogP contribution >= 0.6 is 0 Å². The maximum atomic E-state index is 13.4. The van der Waals surface area contributed by atoms with E-state index in [1.54, 1.807) is 12.1 Å².